The maximum Gasteiger partial charge on any atom is 0.224 e. The van der Waals surface area contributed by atoms with Crippen LogP contribution in [0.1, 0.15) is 23.6 Å². The van der Waals surface area contributed by atoms with E-state index in [4.69, 9.17) is 11.6 Å². The van der Waals surface area contributed by atoms with E-state index in [1.54, 1.807) is 17.0 Å². The summed E-state index contributed by atoms with van der Waals surface area (Å²) >= 11 is 6.32. The molecular weight excluding hydrogens is 355 g/mol. The van der Waals surface area contributed by atoms with Crippen LogP contribution in [-0.2, 0) is 16.0 Å². The van der Waals surface area contributed by atoms with Gasteiger partial charge in [0.1, 0.15) is 5.82 Å². The van der Waals surface area contributed by atoms with Crippen molar-refractivity contribution in [2.45, 2.75) is 27.2 Å². The summed E-state index contributed by atoms with van der Waals surface area (Å²) < 4.78 is 12.9. The molecule has 2 aromatic rings. The number of carbonyl (C=O) groups is 2. The predicted molar refractivity (Wildman–Crippen MR) is 102 cm³/mol. The summed E-state index contributed by atoms with van der Waals surface area (Å²) in [4.78, 5) is 25.6. The second-order valence-electron chi connectivity index (χ2n) is 6.24. The Balaban J connectivity index is 1.98. The van der Waals surface area contributed by atoms with E-state index in [0.717, 1.165) is 16.7 Å². The van der Waals surface area contributed by atoms with Crippen molar-refractivity contribution >= 4 is 29.1 Å². The zero-order valence-electron chi connectivity index (χ0n) is 15.1. The Hall–Kier alpha value is -2.40. The Kier molecular flexibility index (Phi) is 6.75. The molecule has 0 spiro atoms. The van der Waals surface area contributed by atoms with E-state index in [1.165, 1.54) is 19.1 Å². The quantitative estimate of drug-likeness (QED) is 0.833. The molecule has 0 heterocycles. The van der Waals surface area contributed by atoms with Crippen LogP contribution in [0.4, 0.5) is 10.1 Å². The minimum atomic E-state index is -0.336. The van der Waals surface area contributed by atoms with Crippen LogP contribution in [0.2, 0.25) is 5.02 Å². The molecule has 0 radical (unpaired) electrons. The molecule has 0 unspecified atom stereocenters. The average molecular weight is 377 g/mol. The molecule has 0 saturated heterocycles. The number of hydrogen-bond donors (Lipinski definition) is 1. The van der Waals surface area contributed by atoms with Gasteiger partial charge in [0.05, 0.1) is 17.1 Å². The van der Waals surface area contributed by atoms with Gasteiger partial charge in [-0.2, -0.15) is 0 Å². The highest BCUT2D eigenvalue weighted by Crippen LogP contribution is 2.31. The van der Waals surface area contributed by atoms with Gasteiger partial charge in [-0.15, -0.1) is 0 Å². The van der Waals surface area contributed by atoms with Crippen molar-refractivity contribution in [3.63, 3.8) is 0 Å². The van der Waals surface area contributed by atoms with Gasteiger partial charge < -0.3 is 10.2 Å². The fourth-order valence-electron chi connectivity index (χ4n) is 2.83. The molecule has 2 rings (SSSR count). The van der Waals surface area contributed by atoms with E-state index in [2.05, 4.69) is 5.32 Å². The van der Waals surface area contributed by atoms with Crippen molar-refractivity contribution in [2.75, 3.05) is 18.0 Å². The van der Waals surface area contributed by atoms with E-state index in [-0.39, 0.29) is 24.1 Å². The number of nitrogens with one attached hydrogen (secondary N) is 1. The summed E-state index contributed by atoms with van der Waals surface area (Å²) in [5.41, 5.74) is 3.32. The molecule has 0 aromatic heterocycles. The minimum Gasteiger partial charge on any atom is -0.354 e. The van der Waals surface area contributed by atoms with Crippen molar-refractivity contribution in [3.05, 3.63) is 63.9 Å². The first-order valence-corrected chi connectivity index (χ1v) is 8.71. The topological polar surface area (TPSA) is 49.4 Å². The SMILES string of the molecule is CC(=O)N(CCNC(=O)Cc1ccc(F)cc1)c1c(C)cc(C)cc1Cl. The summed E-state index contributed by atoms with van der Waals surface area (Å²) in [6.45, 7) is 5.92. The molecule has 0 bridgehead atoms. The summed E-state index contributed by atoms with van der Waals surface area (Å²) in [6, 6.07) is 9.57. The Morgan fingerprint density at radius 2 is 1.81 bits per heavy atom. The van der Waals surface area contributed by atoms with Gasteiger partial charge in [0.2, 0.25) is 11.8 Å². The summed E-state index contributed by atoms with van der Waals surface area (Å²) in [6.07, 6.45) is 0.157. The van der Waals surface area contributed by atoms with Crippen molar-refractivity contribution in [1.29, 1.82) is 0 Å². The van der Waals surface area contributed by atoms with Gasteiger partial charge in [-0.1, -0.05) is 29.8 Å². The lowest BCUT2D eigenvalue weighted by Gasteiger charge is -2.25. The minimum absolute atomic E-state index is 0.147. The fourth-order valence-corrected chi connectivity index (χ4v) is 3.26. The first kappa shape index (κ1) is 19.9. The molecule has 26 heavy (non-hydrogen) atoms. The number of halogens is 2. The molecule has 1 N–H and O–H groups in total. The maximum atomic E-state index is 12.9. The maximum absolute atomic E-state index is 12.9. The van der Waals surface area contributed by atoms with Crippen LogP contribution < -0.4 is 10.2 Å². The van der Waals surface area contributed by atoms with Crippen molar-refractivity contribution in [3.8, 4) is 0 Å². The number of anilines is 1. The standard InChI is InChI=1S/C20H22ClFN2O2/c1-13-10-14(2)20(18(21)11-13)24(15(3)25)9-8-23-19(26)12-16-4-6-17(22)7-5-16/h4-7,10-11H,8-9,12H2,1-3H3,(H,23,26). The Morgan fingerprint density at radius 3 is 2.38 bits per heavy atom. The van der Waals surface area contributed by atoms with E-state index in [1.807, 2.05) is 26.0 Å². The van der Waals surface area contributed by atoms with E-state index < -0.39 is 0 Å². The highest BCUT2D eigenvalue weighted by Gasteiger charge is 2.17. The van der Waals surface area contributed by atoms with Gasteiger partial charge in [-0.05, 0) is 48.7 Å². The number of aryl methyl sites for hydroxylation is 2. The monoisotopic (exact) mass is 376 g/mol. The zero-order valence-corrected chi connectivity index (χ0v) is 15.9. The van der Waals surface area contributed by atoms with Crippen molar-refractivity contribution in [1.82, 2.24) is 5.32 Å². The molecule has 2 amide bonds. The van der Waals surface area contributed by atoms with E-state index in [9.17, 15) is 14.0 Å². The number of hydrogen-bond acceptors (Lipinski definition) is 2. The first-order valence-electron chi connectivity index (χ1n) is 8.34. The Bertz CT molecular complexity index is 783. The molecule has 0 aliphatic heterocycles. The fraction of sp³-hybridized carbons (Fsp3) is 0.300. The van der Waals surface area contributed by atoms with Crippen molar-refractivity contribution in [2.24, 2.45) is 0 Å². The third-order valence-electron chi connectivity index (χ3n) is 3.98. The largest absolute Gasteiger partial charge is 0.354 e. The van der Waals surface area contributed by atoms with Crippen LogP contribution in [0.3, 0.4) is 0 Å². The molecule has 138 valence electrons. The summed E-state index contributed by atoms with van der Waals surface area (Å²) in [5, 5.41) is 3.29. The lowest BCUT2D eigenvalue weighted by molar-refractivity contribution is -0.121. The molecule has 6 heteroatoms. The molecule has 0 saturated carbocycles. The Morgan fingerprint density at radius 1 is 1.15 bits per heavy atom. The van der Waals surface area contributed by atoms with Gasteiger partial charge in [0.15, 0.2) is 0 Å². The van der Waals surface area contributed by atoms with Gasteiger partial charge in [-0.25, -0.2) is 4.39 Å². The first-order chi connectivity index (χ1) is 12.3. The lowest BCUT2D eigenvalue weighted by Crippen LogP contribution is -2.38. The summed E-state index contributed by atoms with van der Waals surface area (Å²) in [5.74, 6) is -0.671. The zero-order chi connectivity index (χ0) is 19.3. The smallest absolute Gasteiger partial charge is 0.224 e. The van der Waals surface area contributed by atoms with Crippen LogP contribution in [-0.4, -0.2) is 24.9 Å². The third-order valence-corrected chi connectivity index (χ3v) is 4.27. The molecule has 2 aromatic carbocycles. The Labute approximate surface area is 158 Å². The highest BCUT2D eigenvalue weighted by atomic mass is 35.5. The average Bonchev–Trinajstić information content (AvgIpc) is 2.54. The van der Waals surface area contributed by atoms with Crippen LogP contribution in [0.5, 0.6) is 0 Å². The van der Waals surface area contributed by atoms with Crippen molar-refractivity contribution < 1.29 is 14.0 Å². The number of rotatable bonds is 6. The van der Waals surface area contributed by atoms with Crippen LogP contribution in [0.25, 0.3) is 0 Å². The molecule has 0 aliphatic carbocycles. The van der Waals surface area contributed by atoms with Gasteiger partial charge >= 0.3 is 0 Å². The van der Waals surface area contributed by atoms with Crippen LogP contribution in [0, 0.1) is 19.7 Å². The molecule has 0 aliphatic rings. The second kappa shape index (κ2) is 8.81. The van der Waals surface area contributed by atoms with Crippen LogP contribution >= 0.6 is 11.6 Å². The van der Waals surface area contributed by atoms with E-state index in [0.29, 0.717) is 23.8 Å². The highest BCUT2D eigenvalue weighted by molar-refractivity contribution is 6.34. The van der Waals surface area contributed by atoms with Crippen LogP contribution in [0.15, 0.2) is 36.4 Å². The predicted octanol–water partition coefficient (Wildman–Crippen LogP) is 3.81. The van der Waals surface area contributed by atoms with Gasteiger partial charge in [0.25, 0.3) is 0 Å². The number of amides is 2. The summed E-state index contributed by atoms with van der Waals surface area (Å²) in [7, 11) is 0. The normalized spacial score (nSPS) is 10.5. The molecule has 0 fully saturated rings. The number of benzene rings is 2. The number of nitrogens with zero attached hydrogens (tertiary/aromatic N) is 1. The van der Waals surface area contributed by atoms with Gasteiger partial charge in [0, 0.05) is 20.0 Å². The molecule has 0 atom stereocenters. The molecular formula is C20H22ClFN2O2. The van der Waals surface area contributed by atoms with Gasteiger partial charge in [-0.3, -0.25) is 9.59 Å². The van der Waals surface area contributed by atoms with E-state index >= 15 is 0 Å². The molecule has 4 nitrogen and oxygen atoms in total. The second-order valence-corrected chi connectivity index (χ2v) is 6.64. The third kappa shape index (κ3) is 5.30. The number of carbonyl (C=O) groups excluding carboxylic acids is 2. The lowest BCUT2D eigenvalue weighted by atomic mass is 10.1.